The summed E-state index contributed by atoms with van der Waals surface area (Å²) in [6.45, 7) is -0.417. The Bertz CT molecular complexity index is 619. The minimum atomic E-state index is -0.739. The van der Waals surface area contributed by atoms with Gasteiger partial charge >= 0.3 is 0 Å². The van der Waals surface area contributed by atoms with Gasteiger partial charge in [-0.2, -0.15) is 0 Å². The first-order valence-corrected chi connectivity index (χ1v) is 7.47. The number of benzene rings is 1. The first-order valence-electron chi connectivity index (χ1n) is 6.68. The number of carbonyl (C=O) groups excluding carboxylic acids is 2. The molecule has 1 saturated carbocycles. The third kappa shape index (κ3) is 2.79. The zero-order valence-corrected chi connectivity index (χ0v) is 12.6. The number of hydrogen-bond donors (Lipinski definition) is 1. The van der Waals surface area contributed by atoms with E-state index in [1.807, 2.05) is 0 Å². The maximum Gasteiger partial charge on any atom is 0.246 e. The molecule has 1 saturated heterocycles. The number of rotatable bonds is 3. The number of halogens is 3. The summed E-state index contributed by atoms with van der Waals surface area (Å²) in [5.74, 6) is -1.87. The average Bonchev–Trinajstić information content (AvgIpc) is 3.27. The molecule has 1 aliphatic carbocycles. The highest BCUT2D eigenvalue weighted by molar-refractivity contribution is 9.10. The van der Waals surface area contributed by atoms with E-state index in [1.54, 1.807) is 0 Å². The van der Waals surface area contributed by atoms with Crippen molar-refractivity contribution in [1.82, 2.24) is 10.2 Å². The van der Waals surface area contributed by atoms with Crippen LogP contribution in [0.15, 0.2) is 16.6 Å². The minimum Gasteiger partial charge on any atom is -0.342 e. The molecule has 1 aliphatic heterocycles. The van der Waals surface area contributed by atoms with E-state index in [9.17, 15) is 18.4 Å². The van der Waals surface area contributed by atoms with Crippen molar-refractivity contribution < 1.29 is 18.4 Å². The molecular formula is C14H13BrF2N2O2. The molecule has 1 aromatic rings. The highest BCUT2D eigenvalue weighted by Gasteiger charge is 2.42. The Labute approximate surface area is 128 Å². The molecular weight excluding hydrogens is 346 g/mol. The van der Waals surface area contributed by atoms with Gasteiger partial charge in [0, 0.05) is 5.56 Å². The molecule has 1 unspecified atom stereocenters. The lowest BCUT2D eigenvalue weighted by atomic mass is 10.1. The molecule has 21 heavy (non-hydrogen) atoms. The summed E-state index contributed by atoms with van der Waals surface area (Å²) in [5, 5.41) is 2.66. The third-order valence-electron chi connectivity index (χ3n) is 3.81. The molecule has 1 heterocycles. The summed E-state index contributed by atoms with van der Waals surface area (Å²) < 4.78 is 27.9. The second-order valence-corrected chi connectivity index (χ2v) is 6.25. The van der Waals surface area contributed by atoms with Crippen LogP contribution < -0.4 is 5.32 Å². The van der Waals surface area contributed by atoms with Crippen LogP contribution in [0.25, 0.3) is 0 Å². The number of nitrogens with one attached hydrogen (secondary N) is 1. The van der Waals surface area contributed by atoms with E-state index in [0.29, 0.717) is 0 Å². The van der Waals surface area contributed by atoms with Gasteiger partial charge in [0.2, 0.25) is 11.8 Å². The molecule has 2 aliphatic rings. The summed E-state index contributed by atoms with van der Waals surface area (Å²) in [6, 6.07) is 1.85. The Balaban J connectivity index is 1.85. The molecule has 2 fully saturated rings. The van der Waals surface area contributed by atoms with E-state index in [2.05, 4.69) is 21.2 Å². The Morgan fingerprint density at radius 3 is 2.67 bits per heavy atom. The van der Waals surface area contributed by atoms with Gasteiger partial charge in [0.15, 0.2) is 0 Å². The second-order valence-electron chi connectivity index (χ2n) is 5.40. The van der Waals surface area contributed by atoms with Crippen molar-refractivity contribution >= 4 is 27.7 Å². The number of nitrogens with zero attached hydrogens (tertiary/aromatic N) is 1. The SMILES string of the molecule is O=C1CN(Cc2c(F)ccc(Br)c2F)C(=O)C(C2CC2)N1. The van der Waals surface area contributed by atoms with Gasteiger partial charge in [-0.25, -0.2) is 8.78 Å². The van der Waals surface area contributed by atoms with E-state index in [4.69, 9.17) is 0 Å². The maximum atomic E-state index is 14.0. The summed E-state index contributed by atoms with van der Waals surface area (Å²) in [5.41, 5.74) is -0.207. The standard InChI is InChI=1S/C14H13BrF2N2O2/c15-9-3-4-10(16)8(12(9)17)5-19-6-11(20)18-13(14(19)21)7-1-2-7/h3-4,7,13H,1-2,5-6H2,(H,18,20). The smallest absolute Gasteiger partial charge is 0.246 e. The summed E-state index contributed by atoms with van der Waals surface area (Å²) in [4.78, 5) is 25.2. The maximum absolute atomic E-state index is 14.0. The number of piperazine rings is 1. The van der Waals surface area contributed by atoms with Gasteiger partial charge in [0.25, 0.3) is 0 Å². The Morgan fingerprint density at radius 2 is 2.00 bits per heavy atom. The summed E-state index contributed by atoms with van der Waals surface area (Å²) in [6.07, 6.45) is 1.79. The molecule has 2 amide bonds. The molecule has 0 bridgehead atoms. The van der Waals surface area contributed by atoms with Gasteiger partial charge in [-0.15, -0.1) is 0 Å². The van der Waals surface area contributed by atoms with Crippen LogP contribution in [0.2, 0.25) is 0 Å². The van der Waals surface area contributed by atoms with E-state index in [-0.39, 0.29) is 40.9 Å². The van der Waals surface area contributed by atoms with Crippen molar-refractivity contribution in [3.8, 4) is 0 Å². The molecule has 1 N–H and O–H groups in total. The van der Waals surface area contributed by atoms with Crippen molar-refractivity contribution in [2.24, 2.45) is 5.92 Å². The minimum absolute atomic E-state index is 0.131. The molecule has 1 aromatic carbocycles. The van der Waals surface area contributed by atoms with Crippen LogP contribution in [0, 0.1) is 17.6 Å². The fourth-order valence-corrected chi connectivity index (χ4v) is 2.89. The van der Waals surface area contributed by atoms with Crippen LogP contribution in [0.1, 0.15) is 18.4 Å². The largest absolute Gasteiger partial charge is 0.342 e. The van der Waals surface area contributed by atoms with Crippen LogP contribution >= 0.6 is 15.9 Å². The Morgan fingerprint density at radius 1 is 1.29 bits per heavy atom. The predicted octanol–water partition coefficient (Wildman–Crippen LogP) is 1.96. The third-order valence-corrected chi connectivity index (χ3v) is 4.42. The monoisotopic (exact) mass is 358 g/mol. The van der Waals surface area contributed by atoms with Crippen LogP contribution in [0.4, 0.5) is 8.78 Å². The fourth-order valence-electron chi connectivity index (χ4n) is 2.52. The van der Waals surface area contributed by atoms with Crippen molar-refractivity contribution in [3.05, 3.63) is 33.8 Å². The van der Waals surface area contributed by atoms with E-state index in [1.165, 1.54) is 11.0 Å². The van der Waals surface area contributed by atoms with E-state index < -0.39 is 17.7 Å². The summed E-state index contributed by atoms with van der Waals surface area (Å²) in [7, 11) is 0. The van der Waals surface area contributed by atoms with Crippen LogP contribution in [0.3, 0.4) is 0 Å². The lowest BCUT2D eigenvalue weighted by molar-refractivity contribution is -0.145. The van der Waals surface area contributed by atoms with Crippen LogP contribution in [0.5, 0.6) is 0 Å². The second kappa shape index (κ2) is 5.36. The molecule has 3 rings (SSSR count). The van der Waals surface area contributed by atoms with Gasteiger partial charge in [-0.3, -0.25) is 9.59 Å². The topological polar surface area (TPSA) is 49.4 Å². The zero-order valence-electron chi connectivity index (χ0n) is 11.0. The first-order chi connectivity index (χ1) is 9.97. The van der Waals surface area contributed by atoms with Crippen LogP contribution in [-0.4, -0.2) is 29.3 Å². The van der Waals surface area contributed by atoms with Crippen molar-refractivity contribution in [2.45, 2.75) is 25.4 Å². The molecule has 7 heteroatoms. The Hall–Kier alpha value is -1.50. The van der Waals surface area contributed by atoms with Crippen LogP contribution in [-0.2, 0) is 16.1 Å². The van der Waals surface area contributed by atoms with Gasteiger partial charge in [-0.1, -0.05) is 0 Å². The van der Waals surface area contributed by atoms with Crippen molar-refractivity contribution in [3.63, 3.8) is 0 Å². The van der Waals surface area contributed by atoms with Gasteiger partial charge < -0.3 is 10.2 Å². The normalized spacial score (nSPS) is 22.4. The quantitative estimate of drug-likeness (QED) is 0.839. The average molecular weight is 359 g/mol. The highest BCUT2D eigenvalue weighted by atomic mass is 79.9. The molecule has 4 nitrogen and oxygen atoms in total. The lowest BCUT2D eigenvalue weighted by Crippen LogP contribution is -2.58. The molecule has 0 aromatic heterocycles. The first kappa shape index (κ1) is 14.4. The summed E-state index contributed by atoms with van der Waals surface area (Å²) >= 11 is 2.99. The van der Waals surface area contributed by atoms with Gasteiger partial charge in [-0.05, 0) is 46.8 Å². The number of hydrogen-bond acceptors (Lipinski definition) is 2. The number of amides is 2. The Kier molecular flexibility index (Phi) is 3.69. The molecule has 1 atom stereocenters. The highest BCUT2D eigenvalue weighted by Crippen LogP contribution is 2.34. The predicted molar refractivity (Wildman–Crippen MR) is 74.1 cm³/mol. The van der Waals surface area contributed by atoms with Gasteiger partial charge in [0.05, 0.1) is 17.6 Å². The molecule has 0 spiro atoms. The van der Waals surface area contributed by atoms with Gasteiger partial charge in [0.1, 0.15) is 17.7 Å². The zero-order chi connectivity index (χ0) is 15.1. The van der Waals surface area contributed by atoms with E-state index in [0.717, 1.165) is 18.9 Å². The lowest BCUT2D eigenvalue weighted by Gasteiger charge is -2.32. The van der Waals surface area contributed by atoms with Crippen molar-refractivity contribution in [2.75, 3.05) is 6.54 Å². The number of carbonyl (C=O) groups is 2. The molecule has 0 radical (unpaired) electrons. The van der Waals surface area contributed by atoms with E-state index >= 15 is 0 Å². The van der Waals surface area contributed by atoms with Crippen molar-refractivity contribution in [1.29, 1.82) is 0 Å². The molecule has 112 valence electrons. The fraction of sp³-hybridized carbons (Fsp3) is 0.429.